The summed E-state index contributed by atoms with van der Waals surface area (Å²) in [6.45, 7) is -0.128. The van der Waals surface area contributed by atoms with Crippen LogP contribution in [-0.2, 0) is 4.79 Å². The molecule has 0 saturated carbocycles. The molecule has 1 aromatic heterocycles. The average molecular weight is 239 g/mol. The Balaban J connectivity index is 0.00000128. The van der Waals surface area contributed by atoms with Crippen LogP contribution < -0.4 is 10.5 Å². The molecule has 2 aromatic rings. The summed E-state index contributed by atoms with van der Waals surface area (Å²) in [6, 6.07) is 9.10. The second kappa shape index (κ2) is 5.44. The molecule has 5 heteroatoms. The molecule has 2 N–H and O–H groups in total. The molecule has 0 saturated heterocycles. The molecular weight excluding hydrogens is 228 g/mol. The molecule has 1 aromatic carbocycles. The molecule has 0 bridgehead atoms. The number of benzene rings is 1. The van der Waals surface area contributed by atoms with Crippen LogP contribution in [0.25, 0.3) is 10.9 Å². The molecule has 0 spiro atoms. The van der Waals surface area contributed by atoms with Crippen LogP contribution in [0.15, 0.2) is 36.5 Å². The van der Waals surface area contributed by atoms with Crippen molar-refractivity contribution in [2.75, 3.05) is 6.54 Å². The molecule has 4 nitrogen and oxygen atoms in total. The van der Waals surface area contributed by atoms with Crippen LogP contribution in [0.3, 0.4) is 0 Å². The maximum absolute atomic E-state index is 11.1. The summed E-state index contributed by atoms with van der Waals surface area (Å²) >= 11 is 0. The number of hydrogen-bond acceptors (Lipinski definition) is 4. The number of hydrogen-bond donors (Lipinski definition) is 1. The van der Waals surface area contributed by atoms with Gasteiger partial charge in [0.1, 0.15) is 5.75 Å². The Morgan fingerprint density at radius 1 is 1.31 bits per heavy atom. The van der Waals surface area contributed by atoms with Crippen LogP contribution in [0, 0.1) is 0 Å². The van der Waals surface area contributed by atoms with Gasteiger partial charge in [0.25, 0.3) is 0 Å². The summed E-state index contributed by atoms with van der Waals surface area (Å²) in [7, 11) is 0. The van der Waals surface area contributed by atoms with E-state index < -0.39 is 5.97 Å². The van der Waals surface area contributed by atoms with Crippen molar-refractivity contribution >= 4 is 29.3 Å². The number of carbonyl (C=O) groups is 1. The SMILES string of the molecule is Cl.NCC(=O)Oc1ccnc2ccccc12. The second-order valence-electron chi connectivity index (χ2n) is 3.00. The predicted molar refractivity (Wildman–Crippen MR) is 63.7 cm³/mol. The van der Waals surface area contributed by atoms with E-state index in [0.29, 0.717) is 5.75 Å². The number of nitrogens with zero attached hydrogens (tertiary/aromatic N) is 1. The number of rotatable bonds is 2. The zero-order valence-corrected chi connectivity index (χ0v) is 9.24. The highest BCUT2D eigenvalue weighted by Gasteiger charge is 2.05. The lowest BCUT2D eigenvalue weighted by atomic mass is 10.2. The molecule has 0 aliphatic rings. The number of para-hydroxylation sites is 1. The number of fused-ring (bicyclic) bond motifs is 1. The fourth-order valence-electron chi connectivity index (χ4n) is 1.32. The van der Waals surface area contributed by atoms with Crippen LogP contribution in [0.2, 0.25) is 0 Å². The molecule has 0 fully saturated rings. The van der Waals surface area contributed by atoms with Crippen LogP contribution in [0.5, 0.6) is 5.75 Å². The van der Waals surface area contributed by atoms with Crippen LogP contribution in [0.4, 0.5) is 0 Å². The zero-order valence-electron chi connectivity index (χ0n) is 8.42. The van der Waals surface area contributed by atoms with Crippen molar-refractivity contribution in [1.82, 2.24) is 4.98 Å². The van der Waals surface area contributed by atoms with E-state index >= 15 is 0 Å². The lowest BCUT2D eigenvalue weighted by Gasteiger charge is -2.05. The first kappa shape index (κ1) is 12.4. The van der Waals surface area contributed by atoms with Crippen molar-refractivity contribution in [3.63, 3.8) is 0 Å². The molecule has 84 valence electrons. The van der Waals surface area contributed by atoms with E-state index in [0.717, 1.165) is 10.9 Å². The van der Waals surface area contributed by atoms with Gasteiger partial charge in [-0.1, -0.05) is 12.1 Å². The first-order valence-electron chi connectivity index (χ1n) is 4.56. The van der Waals surface area contributed by atoms with Gasteiger partial charge in [-0.15, -0.1) is 12.4 Å². The Morgan fingerprint density at radius 3 is 2.81 bits per heavy atom. The molecule has 0 aliphatic carbocycles. The van der Waals surface area contributed by atoms with Gasteiger partial charge in [0, 0.05) is 11.6 Å². The summed E-state index contributed by atoms with van der Waals surface area (Å²) < 4.78 is 5.07. The molecule has 0 amide bonds. The normalized spacial score (nSPS) is 9.56. The van der Waals surface area contributed by atoms with E-state index in [-0.39, 0.29) is 19.0 Å². The third-order valence-electron chi connectivity index (χ3n) is 2.00. The number of pyridine rings is 1. The molecule has 16 heavy (non-hydrogen) atoms. The van der Waals surface area contributed by atoms with Gasteiger partial charge < -0.3 is 10.5 Å². The topological polar surface area (TPSA) is 65.2 Å². The van der Waals surface area contributed by atoms with Gasteiger partial charge in [-0.25, -0.2) is 0 Å². The number of nitrogens with two attached hydrogens (primary N) is 1. The Morgan fingerprint density at radius 2 is 2.06 bits per heavy atom. The molecule has 0 unspecified atom stereocenters. The van der Waals surface area contributed by atoms with E-state index in [1.54, 1.807) is 12.3 Å². The van der Waals surface area contributed by atoms with E-state index in [2.05, 4.69) is 4.98 Å². The summed E-state index contributed by atoms with van der Waals surface area (Å²) in [5.41, 5.74) is 5.97. The molecule has 1 heterocycles. The number of ether oxygens (including phenoxy) is 1. The third-order valence-corrected chi connectivity index (χ3v) is 2.00. The standard InChI is InChI=1S/C11H10N2O2.ClH/c12-7-11(14)15-10-5-6-13-9-4-2-1-3-8(9)10;/h1-6H,7,12H2;1H. The van der Waals surface area contributed by atoms with E-state index in [1.807, 2.05) is 24.3 Å². The van der Waals surface area contributed by atoms with Gasteiger partial charge in [-0.05, 0) is 18.2 Å². The Bertz CT molecular complexity index is 497. The summed E-state index contributed by atoms with van der Waals surface area (Å²) in [4.78, 5) is 15.2. The van der Waals surface area contributed by atoms with Gasteiger partial charge in [-0.3, -0.25) is 9.78 Å². The second-order valence-corrected chi connectivity index (χ2v) is 3.00. The Kier molecular flexibility index (Phi) is 4.22. The van der Waals surface area contributed by atoms with Crippen LogP contribution >= 0.6 is 12.4 Å². The van der Waals surface area contributed by atoms with Gasteiger partial charge in [0.15, 0.2) is 0 Å². The number of esters is 1. The predicted octanol–water partition coefficient (Wildman–Crippen LogP) is 1.52. The van der Waals surface area contributed by atoms with Crippen molar-refractivity contribution in [1.29, 1.82) is 0 Å². The lowest BCUT2D eigenvalue weighted by Crippen LogP contribution is -2.19. The monoisotopic (exact) mass is 238 g/mol. The summed E-state index contributed by atoms with van der Waals surface area (Å²) in [5.74, 6) is 0.0439. The van der Waals surface area contributed by atoms with Crippen molar-refractivity contribution in [2.45, 2.75) is 0 Å². The Hall–Kier alpha value is -1.65. The maximum Gasteiger partial charge on any atom is 0.325 e. The van der Waals surface area contributed by atoms with Crippen LogP contribution in [-0.4, -0.2) is 17.5 Å². The fraction of sp³-hybridized carbons (Fsp3) is 0.0909. The first-order chi connectivity index (χ1) is 7.31. The van der Waals surface area contributed by atoms with E-state index in [1.165, 1.54) is 0 Å². The lowest BCUT2D eigenvalue weighted by molar-refractivity contribution is -0.132. The van der Waals surface area contributed by atoms with Crippen LogP contribution in [0.1, 0.15) is 0 Å². The first-order valence-corrected chi connectivity index (χ1v) is 4.56. The molecular formula is C11H11ClN2O2. The van der Waals surface area contributed by atoms with Gasteiger partial charge in [0.05, 0.1) is 12.1 Å². The number of halogens is 1. The van der Waals surface area contributed by atoms with E-state index in [4.69, 9.17) is 10.5 Å². The Labute approximate surface area is 98.8 Å². The maximum atomic E-state index is 11.1. The fourth-order valence-corrected chi connectivity index (χ4v) is 1.32. The highest BCUT2D eigenvalue weighted by molar-refractivity contribution is 5.87. The van der Waals surface area contributed by atoms with Gasteiger partial charge >= 0.3 is 5.97 Å². The molecule has 2 rings (SSSR count). The third kappa shape index (κ3) is 2.48. The average Bonchev–Trinajstić information content (AvgIpc) is 2.29. The summed E-state index contributed by atoms with van der Waals surface area (Å²) in [5, 5.41) is 0.807. The number of carbonyl (C=O) groups excluding carboxylic acids is 1. The van der Waals surface area contributed by atoms with Crippen molar-refractivity contribution in [2.24, 2.45) is 5.73 Å². The van der Waals surface area contributed by atoms with Gasteiger partial charge in [0.2, 0.25) is 0 Å². The molecule has 0 atom stereocenters. The largest absolute Gasteiger partial charge is 0.425 e. The quantitative estimate of drug-likeness (QED) is 0.806. The number of aromatic nitrogens is 1. The smallest absolute Gasteiger partial charge is 0.325 e. The highest BCUT2D eigenvalue weighted by atomic mass is 35.5. The zero-order chi connectivity index (χ0) is 10.7. The molecule has 0 aliphatic heterocycles. The summed E-state index contributed by atoms with van der Waals surface area (Å²) in [6.07, 6.45) is 1.60. The molecule has 0 radical (unpaired) electrons. The van der Waals surface area contributed by atoms with Gasteiger partial charge in [-0.2, -0.15) is 0 Å². The highest BCUT2D eigenvalue weighted by Crippen LogP contribution is 2.23. The minimum absolute atomic E-state index is 0. The van der Waals surface area contributed by atoms with Crippen molar-refractivity contribution in [3.8, 4) is 5.75 Å². The van der Waals surface area contributed by atoms with Crippen molar-refractivity contribution < 1.29 is 9.53 Å². The van der Waals surface area contributed by atoms with Crippen molar-refractivity contribution in [3.05, 3.63) is 36.5 Å². The minimum Gasteiger partial charge on any atom is -0.425 e. The van der Waals surface area contributed by atoms with E-state index in [9.17, 15) is 4.79 Å². The minimum atomic E-state index is -0.452.